The molecule has 0 aromatic rings. The molecule has 0 unspecified atom stereocenters. The zero-order valence-corrected chi connectivity index (χ0v) is 13.9. The molecule has 0 radical (unpaired) electrons. The molecule has 3 aliphatic heterocycles. The minimum absolute atomic E-state index is 0.0617. The molecule has 6 nitrogen and oxygen atoms in total. The van der Waals surface area contributed by atoms with E-state index in [1.165, 1.54) is 6.42 Å². The summed E-state index contributed by atoms with van der Waals surface area (Å²) in [5.74, 6) is 0. The first kappa shape index (κ1) is 15.7. The van der Waals surface area contributed by atoms with E-state index in [9.17, 15) is 8.42 Å². The van der Waals surface area contributed by atoms with E-state index in [1.54, 1.807) is 15.7 Å². The Morgan fingerprint density at radius 1 is 1.14 bits per heavy atom. The van der Waals surface area contributed by atoms with Crippen molar-refractivity contribution in [2.75, 3.05) is 39.9 Å². The first-order valence-electron chi connectivity index (χ1n) is 8.06. The Hall–Kier alpha value is -0.210. The molecule has 122 valence electrons. The van der Waals surface area contributed by atoms with E-state index in [0.717, 1.165) is 32.4 Å². The van der Waals surface area contributed by atoms with Gasteiger partial charge >= 0.3 is 0 Å². The molecule has 3 heterocycles. The second-order valence-electron chi connectivity index (χ2n) is 6.58. The predicted molar refractivity (Wildman–Crippen MR) is 81.3 cm³/mol. The summed E-state index contributed by atoms with van der Waals surface area (Å²) < 4.78 is 34.6. The summed E-state index contributed by atoms with van der Waals surface area (Å²) in [4.78, 5) is 2.45. The molecule has 2 atom stereocenters. The van der Waals surface area contributed by atoms with Gasteiger partial charge in [0.2, 0.25) is 0 Å². The fraction of sp³-hybridized carbons (Fsp3) is 1.00. The third kappa shape index (κ3) is 2.99. The van der Waals surface area contributed by atoms with Gasteiger partial charge < -0.3 is 4.74 Å². The summed E-state index contributed by atoms with van der Waals surface area (Å²) in [5, 5.41) is 0. The lowest BCUT2D eigenvalue weighted by Crippen LogP contribution is -2.60. The van der Waals surface area contributed by atoms with Gasteiger partial charge in [-0.1, -0.05) is 0 Å². The van der Waals surface area contributed by atoms with Crippen LogP contribution in [0.2, 0.25) is 0 Å². The zero-order valence-electron chi connectivity index (χ0n) is 13.1. The predicted octanol–water partition coefficient (Wildman–Crippen LogP) is 0.511. The van der Waals surface area contributed by atoms with Gasteiger partial charge in [-0.25, -0.2) is 0 Å². The molecule has 0 aromatic carbocycles. The lowest BCUT2D eigenvalue weighted by molar-refractivity contribution is 0.0584. The van der Waals surface area contributed by atoms with Crippen LogP contribution >= 0.6 is 0 Å². The van der Waals surface area contributed by atoms with Crippen molar-refractivity contribution in [2.45, 2.75) is 50.7 Å². The van der Waals surface area contributed by atoms with Crippen LogP contribution in [0.25, 0.3) is 0 Å². The van der Waals surface area contributed by atoms with Crippen LogP contribution in [0.4, 0.5) is 0 Å². The Morgan fingerprint density at radius 3 is 2.57 bits per heavy atom. The van der Waals surface area contributed by atoms with Crippen LogP contribution in [-0.2, 0) is 14.9 Å². The minimum Gasteiger partial charge on any atom is -0.381 e. The van der Waals surface area contributed by atoms with Crippen molar-refractivity contribution in [2.24, 2.45) is 0 Å². The number of hydrogen-bond donors (Lipinski definition) is 0. The molecule has 3 rings (SSSR count). The largest absolute Gasteiger partial charge is 0.381 e. The Balaban J connectivity index is 1.73. The quantitative estimate of drug-likeness (QED) is 0.761. The number of nitrogens with zero attached hydrogens (tertiary/aromatic N) is 3. The lowest BCUT2D eigenvalue weighted by Gasteiger charge is -2.44. The first-order chi connectivity index (χ1) is 10.00. The van der Waals surface area contributed by atoms with Gasteiger partial charge in [-0.15, -0.1) is 0 Å². The van der Waals surface area contributed by atoms with Crippen LogP contribution in [0.3, 0.4) is 0 Å². The molecule has 7 heteroatoms. The maximum absolute atomic E-state index is 13.0. The summed E-state index contributed by atoms with van der Waals surface area (Å²) in [6.45, 7) is 6.00. The standard InChI is InChI=1S/C14H27N3O3S/c1-12-10-16-7-3-4-14(16)11-17(12)21(18,19)15(2)13-5-8-20-9-6-13/h12-14H,3-11H2,1-2H3/t12-,14+/m1/s1. The molecular formula is C14H27N3O3S. The third-order valence-corrected chi connectivity index (χ3v) is 7.37. The molecule has 0 bridgehead atoms. The molecule has 0 spiro atoms. The number of fused-ring (bicyclic) bond motifs is 1. The topological polar surface area (TPSA) is 53.1 Å². The zero-order chi connectivity index (χ0) is 15.0. The highest BCUT2D eigenvalue weighted by molar-refractivity contribution is 7.86. The van der Waals surface area contributed by atoms with Gasteiger partial charge in [0, 0.05) is 51.5 Å². The first-order valence-corrected chi connectivity index (χ1v) is 9.46. The van der Waals surface area contributed by atoms with Crippen LogP contribution in [0, 0.1) is 0 Å². The Labute approximate surface area is 128 Å². The monoisotopic (exact) mass is 317 g/mol. The second kappa shape index (κ2) is 6.12. The average Bonchev–Trinajstić information content (AvgIpc) is 2.93. The van der Waals surface area contributed by atoms with Crippen LogP contribution in [-0.4, -0.2) is 79.9 Å². The van der Waals surface area contributed by atoms with Gasteiger partial charge in [0.05, 0.1) is 0 Å². The van der Waals surface area contributed by atoms with Crippen molar-refractivity contribution in [1.82, 2.24) is 13.5 Å². The Bertz CT molecular complexity index is 464. The molecule has 3 fully saturated rings. The molecule has 0 aliphatic carbocycles. The van der Waals surface area contributed by atoms with Crippen molar-refractivity contribution in [3.05, 3.63) is 0 Å². The second-order valence-corrected chi connectivity index (χ2v) is 8.52. The van der Waals surface area contributed by atoms with Crippen molar-refractivity contribution in [3.63, 3.8) is 0 Å². The molecule has 0 aromatic heterocycles. The van der Waals surface area contributed by atoms with Gasteiger partial charge in [0.15, 0.2) is 0 Å². The summed E-state index contributed by atoms with van der Waals surface area (Å²) >= 11 is 0. The lowest BCUT2D eigenvalue weighted by atomic mass is 10.1. The molecule has 0 N–H and O–H groups in total. The van der Waals surface area contributed by atoms with E-state index in [1.807, 2.05) is 6.92 Å². The van der Waals surface area contributed by atoms with E-state index in [4.69, 9.17) is 4.74 Å². The van der Waals surface area contributed by atoms with Crippen molar-refractivity contribution < 1.29 is 13.2 Å². The average molecular weight is 317 g/mol. The van der Waals surface area contributed by atoms with E-state index < -0.39 is 10.2 Å². The SMILES string of the molecule is C[C@@H]1CN2CCC[C@H]2CN1S(=O)(=O)N(C)C1CCOCC1. The maximum atomic E-state index is 13.0. The van der Waals surface area contributed by atoms with Gasteiger partial charge in [0.25, 0.3) is 10.2 Å². The summed E-state index contributed by atoms with van der Waals surface area (Å²) in [6, 6.07) is 0.559. The highest BCUT2D eigenvalue weighted by Crippen LogP contribution is 2.28. The number of rotatable bonds is 3. The van der Waals surface area contributed by atoms with E-state index in [0.29, 0.717) is 25.8 Å². The third-order valence-electron chi connectivity index (χ3n) is 5.25. The molecular weight excluding hydrogens is 290 g/mol. The normalized spacial score (nSPS) is 33.5. The maximum Gasteiger partial charge on any atom is 0.282 e. The van der Waals surface area contributed by atoms with Gasteiger partial charge in [0.1, 0.15) is 0 Å². The summed E-state index contributed by atoms with van der Waals surface area (Å²) in [7, 11) is -1.63. The van der Waals surface area contributed by atoms with Gasteiger partial charge in [-0.05, 0) is 39.2 Å². The smallest absolute Gasteiger partial charge is 0.282 e. The Morgan fingerprint density at radius 2 is 1.86 bits per heavy atom. The molecule has 0 saturated carbocycles. The summed E-state index contributed by atoms with van der Waals surface area (Å²) in [6.07, 6.45) is 3.92. The molecule has 21 heavy (non-hydrogen) atoms. The van der Waals surface area contributed by atoms with Gasteiger partial charge in [-0.2, -0.15) is 17.0 Å². The van der Waals surface area contributed by atoms with Crippen molar-refractivity contribution in [3.8, 4) is 0 Å². The molecule has 3 aliphatic rings. The Kier molecular flexibility index (Phi) is 4.57. The van der Waals surface area contributed by atoms with Crippen LogP contribution in [0.5, 0.6) is 0 Å². The number of piperazine rings is 1. The molecule has 3 saturated heterocycles. The van der Waals surface area contributed by atoms with Crippen LogP contribution in [0.1, 0.15) is 32.6 Å². The summed E-state index contributed by atoms with van der Waals surface area (Å²) in [5.41, 5.74) is 0. The van der Waals surface area contributed by atoms with E-state index in [2.05, 4.69) is 4.90 Å². The fourth-order valence-electron chi connectivity index (χ4n) is 3.88. The van der Waals surface area contributed by atoms with E-state index in [-0.39, 0.29) is 12.1 Å². The minimum atomic E-state index is -3.37. The fourth-order valence-corrected chi connectivity index (χ4v) is 5.68. The molecule has 0 amide bonds. The van der Waals surface area contributed by atoms with Crippen molar-refractivity contribution in [1.29, 1.82) is 0 Å². The highest BCUT2D eigenvalue weighted by atomic mass is 32.2. The van der Waals surface area contributed by atoms with Crippen LogP contribution < -0.4 is 0 Å². The highest BCUT2D eigenvalue weighted by Gasteiger charge is 2.42. The van der Waals surface area contributed by atoms with E-state index >= 15 is 0 Å². The van der Waals surface area contributed by atoms with Crippen molar-refractivity contribution >= 4 is 10.2 Å². The van der Waals surface area contributed by atoms with Gasteiger partial charge in [-0.3, -0.25) is 4.90 Å². The van der Waals surface area contributed by atoms with Crippen LogP contribution in [0.15, 0.2) is 0 Å². The number of ether oxygens (including phenoxy) is 1. The number of hydrogen-bond acceptors (Lipinski definition) is 4.